The lowest BCUT2D eigenvalue weighted by atomic mass is 9.44. The summed E-state index contributed by atoms with van der Waals surface area (Å²) in [4.78, 5) is 22.6. The Labute approximate surface area is 193 Å². The number of aliphatic carboxylic acids is 1. The second-order valence-electron chi connectivity index (χ2n) is 12.2. The van der Waals surface area contributed by atoms with Gasteiger partial charge in [0.25, 0.3) is 0 Å². The minimum Gasteiger partial charge on any atom is -0.481 e. The summed E-state index contributed by atoms with van der Waals surface area (Å²) in [5, 5.41) is 9.43. The Morgan fingerprint density at radius 3 is 2.42 bits per heavy atom. The highest BCUT2D eigenvalue weighted by Crippen LogP contribution is 2.68. The molecule has 1 N–H and O–H groups in total. The van der Waals surface area contributed by atoms with E-state index >= 15 is 0 Å². The number of hydrogen-bond donors (Lipinski definition) is 1. The number of carbonyl (C=O) groups excluding carboxylic acids is 1. The van der Waals surface area contributed by atoms with Gasteiger partial charge in [-0.05, 0) is 116 Å². The van der Waals surface area contributed by atoms with Crippen molar-refractivity contribution in [3.8, 4) is 0 Å². The predicted molar refractivity (Wildman–Crippen MR) is 128 cm³/mol. The van der Waals surface area contributed by atoms with Crippen LogP contribution in [-0.4, -0.2) is 21.9 Å². The van der Waals surface area contributed by atoms with E-state index in [0.29, 0.717) is 29.1 Å². The first-order chi connectivity index (χ1) is 14.6. The quantitative estimate of drug-likeness (QED) is 0.473. The van der Waals surface area contributed by atoms with E-state index in [9.17, 15) is 9.59 Å². The molecule has 31 heavy (non-hydrogen) atoms. The highest BCUT2D eigenvalue weighted by Gasteiger charge is 2.60. The molecule has 0 bridgehead atoms. The van der Waals surface area contributed by atoms with E-state index in [2.05, 4.69) is 20.8 Å². The Bertz CT molecular complexity index is 692. The number of carboxylic acid groups (broad SMARTS) is 1. The number of fused-ring (bicyclic) bond motifs is 5. The summed E-state index contributed by atoms with van der Waals surface area (Å²) in [5.74, 6) is 5.86. The fraction of sp³-hybridized carbons (Fsp3) is 0.926. The Morgan fingerprint density at radius 2 is 1.71 bits per heavy atom. The van der Waals surface area contributed by atoms with Crippen molar-refractivity contribution in [3.05, 3.63) is 0 Å². The molecule has 0 heterocycles. The van der Waals surface area contributed by atoms with Crippen LogP contribution in [0.5, 0.6) is 0 Å². The maximum atomic E-state index is 11.4. The van der Waals surface area contributed by atoms with E-state index in [0.717, 1.165) is 41.8 Å². The van der Waals surface area contributed by atoms with Crippen LogP contribution in [0.4, 0.5) is 0 Å². The zero-order valence-electron chi connectivity index (χ0n) is 20.2. The number of hydrogen-bond acceptors (Lipinski definition) is 3. The fourth-order valence-electron chi connectivity index (χ4n) is 9.26. The Morgan fingerprint density at radius 1 is 1.00 bits per heavy atom. The molecule has 0 amide bonds. The van der Waals surface area contributed by atoms with Crippen molar-refractivity contribution < 1.29 is 14.7 Å². The summed E-state index contributed by atoms with van der Waals surface area (Å²) >= 11 is 1.54. The Hall–Kier alpha value is -0.510. The average molecular weight is 449 g/mol. The molecular formula is C27H44O3S. The minimum atomic E-state index is -0.640. The van der Waals surface area contributed by atoms with Crippen LogP contribution >= 0.6 is 11.8 Å². The summed E-state index contributed by atoms with van der Waals surface area (Å²) < 4.78 is 0. The van der Waals surface area contributed by atoms with Crippen LogP contribution in [0.15, 0.2) is 0 Å². The van der Waals surface area contributed by atoms with Crippen LogP contribution in [0.1, 0.15) is 98.3 Å². The normalized spacial score (nSPS) is 45.3. The van der Waals surface area contributed by atoms with Gasteiger partial charge in [-0.2, -0.15) is 0 Å². The van der Waals surface area contributed by atoms with E-state index in [-0.39, 0.29) is 5.12 Å². The molecule has 0 aromatic heterocycles. The van der Waals surface area contributed by atoms with Crippen molar-refractivity contribution in [2.24, 2.45) is 52.3 Å². The standard InChI is InChI=1S/C27H44O3S/c1-17(5-10-25(29)30)22-8-9-23-21-7-6-20-15-19(16-31-18(2)28)11-13-26(20,3)24(21)12-14-27(22,23)4/h17,19-24H,5-16H2,1-4H3,(H,29,30)/t17-,19?,20?,21+,22-,23+,24+,26+,27-/m1/s1. The first-order valence-corrected chi connectivity index (χ1v) is 14.0. The summed E-state index contributed by atoms with van der Waals surface area (Å²) in [6.45, 7) is 9.24. The van der Waals surface area contributed by atoms with E-state index < -0.39 is 5.97 Å². The summed E-state index contributed by atoms with van der Waals surface area (Å²) in [5.41, 5.74) is 0.937. The van der Waals surface area contributed by atoms with Gasteiger partial charge in [-0.3, -0.25) is 9.59 Å². The molecule has 0 saturated heterocycles. The van der Waals surface area contributed by atoms with Crippen LogP contribution in [0.3, 0.4) is 0 Å². The van der Waals surface area contributed by atoms with Crippen molar-refractivity contribution in [3.63, 3.8) is 0 Å². The first-order valence-electron chi connectivity index (χ1n) is 13.0. The van der Waals surface area contributed by atoms with E-state index in [1.165, 1.54) is 57.8 Å². The van der Waals surface area contributed by atoms with Crippen LogP contribution in [0.25, 0.3) is 0 Å². The predicted octanol–water partition coefficient (Wildman–Crippen LogP) is 7.04. The molecule has 0 aliphatic heterocycles. The van der Waals surface area contributed by atoms with Gasteiger partial charge in [-0.1, -0.05) is 32.5 Å². The lowest BCUT2D eigenvalue weighted by molar-refractivity contribution is -0.138. The molecule has 9 atom stereocenters. The topological polar surface area (TPSA) is 54.4 Å². The molecule has 3 nitrogen and oxygen atoms in total. The van der Waals surface area contributed by atoms with Crippen molar-refractivity contribution in [2.45, 2.75) is 98.3 Å². The average Bonchev–Trinajstić information content (AvgIpc) is 3.07. The molecule has 4 heteroatoms. The molecule has 0 aromatic rings. The SMILES string of the molecule is CC(=O)SCC1CC[C@@]2(C)C(CC[C@H]3[C@@H]4CC[C@H]([C@H](C)CCC(=O)O)[C@@]4(C)CC[C@@H]32)C1. The number of carbonyl (C=O) groups is 2. The van der Waals surface area contributed by atoms with E-state index in [1.807, 2.05) is 0 Å². The van der Waals surface area contributed by atoms with Crippen LogP contribution in [0.2, 0.25) is 0 Å². The van der Waals surface area contributed by atoms with Gasteiger partial charge >= 0.3 is 5.97 Å². The monoisotopic (exact) mass is 448 g/mol. The van der Waals surface area contributed by atoms with Gasteiger partial charge < -0.3 is 5.11 Å². The third-order valence-electron chi connectivity index (χ3n) is 10.9. The lowest BCUT2D eigenvalue weighted by Gasteiger charge is -2.61. The number of carboxylic acids is 1. The zero-order chi connectivity index (χ0) is 22.4. The van der Waals surface area contributed by atoms with Crippen molar-refractivity contribution in [1.82, 2.24) is 0 Å². The van der Waals surface area contributed by atoms with Gasteiger partial charge in [0.1, 0.15) is 0 Å². The van der Waals surface area contributed by atoms with Crippen molar-refractivity contribution in [1.29, 1.82) is 0 Å². The summed E-state index contributed by atoms with van der Waals surface area (Å²) in [6, 6.07) is 0. The zero-order valence-corrected chi connectivity index (χ0v) is 21.0. The molecule has 0 spiro atoms. The van der Waals surface area contributed by atoms with Crippen LogP contribution < -0.4 is 0 Å². The van der Waals surface area contributed by atoms with Gasteiger partial charge in [0.15, 0.2) is 5.12 Å². The maximum absolute atomic E-state index is 11.4. The van der Waals surface area contributed by atoms with Crippen LogP contribution in [0, 0.1) is 52.3 Å². The van der Waals surface area contributed by atoms with Crippen molar-refractivity contribution in [2.75, 3.05) is 5.75 Å². The molecule has 4 saturated carbocycles. The molecule has 4 fully saturated rings. The highest BCUT2D eigenvalue weighted by molar-refractivity contribution is 8.13. The molecular weight excluding hydrogens is 404 g/mol. The third-order valence-corrected chi connectivity index (χ3v) is 11.9. The maximum Gasteiger partial charge on any atom is 0.303 e. The fourth-order valence-corrected chi connectivity index (χ4v) is 10.0. The third kappa shape index (κ3) is 4.36. The molecule has 0 aromatic carbocycles. The first kappa shape index (κ1) is 23.6. The van der Waals surface area contributed by atoms with Gasteiger partial charge in [0.2, 0.25) is 0 Å². The van der Waals surface area contributed by atoms with Crippen molar-refractivity contribution >= 4 is 22.8 Å². The van der Waals surface area contributed by atoms with E-state index in [1.54, 1.807) is 18.7 Å². The lowest BCUT2D eigenvalue weighted by Crippen LogP contribution is -2.53. The summed E-state index contributed by atoms with van der Waals surface area (Å²) in [7, 11) is 0. The largest absolute Gasteiger partial charge is 0.481 e. The molecule has 4 rings (SSSR count). The molecule has 0 radical (unpaired) electrons. The smallest absolute Gasteiger partial charge is 0.303 e. The summed E-state index contributed by atoms with van der Waals surface area (Å²) in [6.07, 6.45) is 13.4. The Kier molecular flexibility index (Phi) is 6.89. The second-order valence-corrected chi connectivity index (χ2v) is 13.4. The molecule has 4 aliphatic carbocycles. The minimum absolute atomic E-state index is 0.275. The molecule has 176 valence electrons. The van der Waals surface area contributed by atoms with Gasteiger partial charge in [0.05, 0.1) is 0 Å². The van der Waals surface area contributed by atoms with Gasteiger partial charge in [-0.25, -0.2) is 0 Å². The number of rotatable bonds is 6. The second kappa shape index (κ2) is 9.03. The van der Waals surface area contributed by atoms with Crippen LogP contribution in [-0.2, 0) is 9.59 Å². The molecule has 2 unspecified atom stereocenters. The van der Waals surface area contributed by atoms with Gasteiger partial charge in [-0.15, -0.1) is 0 Å². The van der Waals surface area contributed by atoms with E-state index in [4.69, 9.17) is 5.11 Å². The highest BCUT2D eigenvalue weighted by atomic mass is 32.2. The number of thioether (sulfide) groups is 1. The van der Waals surface area contributed by atoms with Gasteiger partial charge in [0, 0.05) is 19.1 Å². The molecule has 4 aliphatic rings. The Balaban J connectivity index is 1.44.